The zero-order valence-electron chi connectivity index (χ0n) is 14.8. The molecule has 1 atom stereocenters. The molecule has 0 radical (unpaired) electrons. The van der Waals surface area contributed by atoms with Gasteiger partial charge < -0.3 is 15.1 Å². The minimum atomic E-state index is -0.555. The Balaban J connectivity index is 1.73. The third-order valence-corrected chi connectivity index (χ3v) is 4.32. The number of nitrogens with zero attached hydrogens (tertiary/aromatic N) is 4. The molecule has 3 aromatic rings. The number of carbonyl (C=O) groups is 2. The van der Waals surface area contributed by atoms with E-state index in [2.05, 4.69) is 36.8 Å². The van der Waals surface area contributed by atoms with Crippen LogP contribution in [0, 0.1) is 0 Å². The lowest BCUT2D eigenvalue weighted by Gasteiger charge is -2.12. The van der Waals surface area contributed by atoms with Crippen molar-refractivity contribution in [3.63, 3.8) is 0 Å². The molecule has 3 rings (SSSR count). The molecule has 0 aliphatic rings. The van der Waals surface area contributed by atoms with E-state index in [0.717, 1.165) is 4.47 Å². The number of carbonyl (C=O) groups excluding carboxylic acids is 2. The number of furan rings is 1. The number of amides is 2. The lowest BCUT2D eigenvalue weighted by atomic mass is 10.3. The molecule has 142 valence electrons. The van der Waals surface area contributed by atoms with Gasteiger partial charge in [0.25, 0.3) is 5.91 Å². The first-order valence-corrected chi connectivity index (χ1v) is 9.15. The molecule has 27 heavy (non-hydrogen) atoms. The fourth-order valence-electron chi connectivity index (χ4n) is 2.39. The van der Waals surface area contributed by atoms with Gasteiger partial charge in [-0.05, 0) is 41.9 Å². The average molecular weight is 435 g/mol. The molecule has 0 spiro atoms. The Morgan fingerprint density at radius 3 is 2.81 bits per heavy atom. The van der Waals surface area contributed by atoms with E-state index in [1.807, 2.05) is 6.92 Å². The Morgan fingerprint density at radius 2 is 2.19 bits per heavy atom. The molecular formula is C17H19BrN6O3. The van der Waals surface area contributed by atoms with Crippen LogP contribution in [-0.4, -0.2) is 31.4 Å². The SMILES string of the molecule is CCn1cc(NC(=O)C(C)n2cc(Br)cn2)c(C(=O)NCc2ccco2)n1. The molecule has 0 aliphatic heterocycles. The number of rotatable bonds is 7. The van der Waals surface area contributed by atoms with E-state index in [9.17, 15) is 9.59 Å². The first kappa shape index (κ1) is 18.9. The minimum absolute atomic E-state index is 0.144. The standard InChI is InChI=1S/C17H19BrN6O3/c1-3-23-10-14(21-16(25)11(2)24-9-12(18)7-20-24)15(22-23)17(26)19-8-13-5-4-6-27-13/h4-7,9-11H,3,8H2,1-2H3,(H,19,26)(H,21,25). The van der Waals surface area contributed by atoms with Gasteiger partial charge in [-0.25, -0.2) is 0 Å². The van der Waals surface area contributed by atoms with Crippen LogP contribution in [0.25, 0.3) is 0 Å². The number of aryl methyl sites for hydroxylation is 1. The van der Waals surface area contributed by atoms with E-state index in [-0.39, 0.29) is 18.1 Å². The summed E-state index contributed by atoms with van der Waals surface area (Å²) < 4.78 is 9.09. The van der Waals surface area contributed by atoms with Gasteiger partial charge in [0, 0.05) is 18.9 Å². The molecular weight excluding hydrogens is 416 g/mol. The van der Waals surface area contributed by atoms with Gasteiger partial charge in [-0.15, -0.1) is 0 Å². The van der Waals surface area contributed by atoms with Gasteiger partial charge in [0.2, 0.25) is 5.91 Å². The number of nitrogens with one attached hydrogen (secondary N) is 2. The summed E-state index contributed by atoms with van der Waals surface area (Å²) in [6, 6.07) is 2.95. The van der Waals surface area contributed by atoms with Crippen molar-refractivity contribution in [3.05, 3.63) is 52.9 Å². The van der Waals surface area contributed by atoms with Gasteiger partial charge in [0.15, 0.2) is 5.69 Å². The predicted octanol–water partition coefficient (Wildman–Crippen LogP) is 2.58. The van der Waals surface area contributed by atoms with Crippen LogP contribution < -0.4 is 10.6 Å². The van der Waals surface area contributed by atoms with Crippen LogP contribution in [0.3, 0.4) is 0 Å². The number of halogens is 1. The summed E-state index contributed by atoms with van der Waals surface area (Å²) in [7, 11) is 0. The van der Waals surface area contributed by atoms with Crippen molar-refractivity contribution in [2.45, 2.75) is 33.0 Å². The van der Waals surface area contributed by atoms with Gasteiger partial charge in [0.1, 0.15) is 11.8 Å². The number of hydrogen-bond acceptors (Lipinski definition) is 5. The van der Waals surface area contributed by atoms with Gasteiger partial charge in [0.05, 0.1) is 29.2 Å². The topological polar surface area (TPSA) is 107 Å². The van der Waals surface area contributed by atoms with Crippen LogP contribution in [0.4, 0.5) is 5.69 Å². The van der Waals surface area contributed by atoms with Crippen LogP contribution in [0.15, 0.2) is 45.9 Å². The van der Waals surface area contributed by atoms with E-state index in [0.29, 0.717) is 18.0 Å². The van der Waals surface area contributed by atoms with Crippen LogP contribution in [0.1, 0.15) is 36.1 Å². The molecule has 2 N–H and O–H groups in total. The molecule has 0 saturated heterocycles. The molecule has 2 amide bonds. The van der Waals surface area contributed by atoms with Crippen molar-refractivity contribution in [1.29, 1.82) is 0 Å². The maximum atomic E-state index is 12.6. The van der Waals surface area contributed by atoms with Crippen LogP contribution in [0.2, 0.25) is 0 Å². The summed E-state index contributed by atoms with van der Waals surface area (Å²) in [6.45, 7) is 4.41. The zero-order valence-corrected chi connectivity index (χ0v) is 16.4. The summed E-state index contributed by atoms with van der Waals surface area (Å²) in [5, 5.41) is 13.9. The largest absolute Gasteiger partial charge is 0.467 e. The maximum Gasteiger partial charge on any atom is 0.274 e. The van der Waals surface area contributed by atoms with Gasteiger partial charge in [-0.1, -0.05) is 0 Å². The summed E-state index contributed by atoms with van der Waals surface area (Å²) in [5.41, 5.74) is 0.488. The van der Waals surface area contributed by atoms with E-state index in [4.69, 9.17) is 4.42 Å². The van der Waals surface area contributed by atoms with E-state index in [1.165, 1.54) is 10.9 Å². The fourth-order valence-corrected chi connectivity index (χ4v) is 2.69. The number of anilines is 1. The zero-order chi connectivity index (χ0) is 19.4. The Kier molecular flexibility index (Phi) is 5.75. The van der Waals surface area contributed by atoms with Crippen LogP contribution in [0.5, 0.6) is 0 Å². The smallest absolute Gasteiger partial charge is 0.274 e. The van der Waals surface area contributed by atoms with Crippen LogP contribution >= 0.6 is 15.9 Å². The highest BCUT2D eigenvalue weighted by atomic mass is 79.9. The van der Waals surface area contributed by atoms with Crippen LogP contribution in [-0.2, 0) is 17.9 Å². The summed E-state index contributed by atoms with van der Waals surface area (Å²) >= 11 is 3.30. The third kappa shape index (κ3) is 4.45. The predicted molar refractivity (Wildman–Crippen MR) is 101 cm³/mol. The molecule has 0 bridgehead atoms. The van der Waals surface area contributed by atoms with E-state index >= 15 is 0 Å². The Labute approximate surface area is 163 Å². The quantitative estimate of drug-likeness (QED) is 0.593. The van der Waals surface area contributed by atoms with Gasteiger partial charge >= 0.3 is 0 Å². The second kappa shape index (κ2) is 8.21. The normalized spacial score (nSPS) is 12.0. The Morgan fingerprint density at radius 1 is 1.37 bits per heavy atom. The lowest BCUT2D eigenvalue weighted by Crippen LogP contribution is -2.27. The molecule has 0 aliphatic carbocycles. The van der Waals surface area contributed by atoms with Crippen molar-refractivity contribution >= 4 is 33.4 Å². The van der Waals surface area contributed by atoms with E-state index in [1.54, 1.807) is 42.3 Å². The minimum Gasteiger partial charge on any atom is -0.467 e. The van der Waals surface area contributed by atoms with E-state index < -0.39 is 11.9 Å². The molecule has 9 nitrogen and oxygen atoms in total. The van der Waals surface area contributed by atoms with Crippen molar-refractivity contribution in [1.82, 2.24) is 24.9 Å². The molecule has 3 heterocycles. The fraction of sp³-hybridized carbons (Fsp3) is 0.294. The highest BCUT2D eigenvalue weighted by molar-refractivity contribution is 9.10. The maximum absolute atomic E-state index is 12.6. The van der Waals surface area contributed by atoms with Gasteiger partial charge in [-0.3, -0.25) is 19.0 Å². The highest BCUT2D eigenvalue weighted by Gasteiger charge is 2.22. The molecule has 0 aromatic carbocycles. The summed E-state index contributed by atoms with van der Waals surface area (Å²) in [5.74, 6) is -0.0773. The average Bonchev–Trinajstić information content (AvgIpc) is 3.39. The molecule has 3 aromatic heterocycles. The molecule has 0 fully saturated rings. The summed E-state index contributed by atoms with van der Waals surface area (Å²) in [6.07, 6.45) is 6.47. The number of hydrogen-bond donors (Lipinski definition) is 2. The lowest BCUT2D eigenvalue weighted by molar-refractivity contribution is -0.119. The monoisotopic (exact) mass is 434 g/mol. The third-order valence-electron chi connectivity index (χ3n) is 3.91. The number of aromatic nitrogens is 4. The van der Waals surface area contributed by atoms with Gasteiger partial charge in [-0.2, -0.15) is 10.2 Å². The molecule has 10 heteroatoms. The first-order valence-electron chi connectivity index (χ1n) is 8.36. The van der Waals surface area contributed by atoms with Crippen molar-refractivity contribution in [2.75, 3.05) is 5.32 Å². The second-order valence-electron chi connectivity index (χ2n) is 5.81. The van der Waals surface area contributed by atoms with Crippen molar-refractivity contribution < 1.29 is 14.0 Å². The highest BCUT2D eigenvalue weighted by Crippen LogP contribution is 2.18. The molecule has 1 unspecified atom stereocenters. The molecule has 0 saturated carbocycles. The summed E-state index contributed by atoms with van der Waals surface area (Å²) in [4.78, 5) is 25.1. The van der Waals surface area contributed by atoms with Crippen molar-refractivity contribution in [3.8, 4) is 0 Å². The van der Waals surface area contributed by atoms with Crippen molar-refractivity contribution in [2.24, 2.45) is 0 Å². The first-order chi connectivity index (χ1) is 13.0. The Hall–Kier alpha value is -2.88. The Bertz CT molecular complexity index is 931. The second-order valence-corrected chi connectivity index (χ2v) is 6.73.